The van der Waals surface area contributed by atoms with E-state index in [0.717, 1.165) is 38.3 Å². The minimum absolute atomic E-state index is 0.0926. The average Bonchev–Trinajstić information content (AvgIpc) is 3.43. The molecule has 0 bridgehead atoms. The monoisotopic (exact) mass is 565 g/mol. The second kappa shape index (κ2) is 15.1. The highest BCUT2D eigenvalue weighted by atomic mass is 19.3. The molecule has 2 aromatic rings. The van der Waals surface area contributed by atoms with E-state index in [9.17, 15) is 33.2 Å². The van der Waals surface area contributed by atoms with Gasteiger partial charge in [-0.05, 0) is 50.1 Å². The minimum atomic E-state index is -3.74. The van der Waals surface area contributed by atoms with Crippen LogP contribution in [0.4, 0.5) is 8.78 Å². The Labute approximate surface area is 232 Å². The smallest absolute Gasteiger partial charge is 0.330 e. The zero-order valence-electron chi connectivity index (χ0n) is 23.2. The molecule has 40 heavy (non-hydrogen) atoms. The topological polar surface area (TPSA) is 138 Å². The van der Waals surface area contributed by atoms with Crippen molar-refractivity contribution in [2.24, 2.45) is 5.92 Å². The van der Waals surface area contributed by atoms with Gasteiger partial charge in [-0.15, -0.1) is 0 Å². The second-order valence-electron chi connectivity index (χ2n) is 9.26. The Morgan fingerprint density at radius 3 is 2.45 bits per heavy atom. The molecule has 12 heteroatoms. The number of benzene rings is 1. The number of halogens is 2. The molecule has 0 spiro atoms. The average molecular weight is 566 g/mol. The first-order valence-corrected chi connectivity index (χ1v) is 13.3. The van der Waals surface area contributed by atoms with Crippen LogP contribution in [0.3, 0.4) is 0 Å². The van der Waals surface area contributed by atoms with Crippen LogP contribution in [0.1, 0.15) is 75.9 Å². The molecule has 0 aliphatic heterocycles. The molecule has 0 radical (unpaired) electrons. The third-order valence-electron chi connectivity index (χ3n) is 6.43. The molecular weight excluding hydrogens is 528 g/mol. The molecule has 1 aromatic carbocycles. The van der Waals surface area contributed by atoms with E-state index in [1.165, 1.54) is 18.2 Å². The van der Waals surface area contributed by atoms with E-state index in [1.54, 1.807) is 13.8 Å². The van der Waals surface area contributed by atoms with E-state index in [0.29, 0.717) is 17.9 Å². The summed E-state index contributed by atoms with van der Waals surface area (Å²) >= 11 is 0. The number of ketones is 1. The fourth-order valence-corrected chi connectivity index (χ4v) is 4.27. The summed E-state index contributed by atoms with van der Waals surface area (Å²) in [4.78, 5) is 48.1. The number of alkyl halides is 2. The minimum Gasteiger partial charge on any atom is -0.494 e. The Kier molecular flexibility index (Phi) is 12.2. The number of hydroxylamine groups is 2. The van der Waals surface area contributed by atoms with E-state index < -0.39 is 41.0 Å². The predicted molar refractivity (Wildman–Crippen MR) is 142 cm³/mol. The number of hydrogen-bond acceptors (Lipinski definition) is 7. The number of carbonyl (C=O) groups is 4. The van der Waals surface area contributed by atoms with E-state index in [-0.39, 0.29) is 42.5 Å². The quantitative estimate of drug-likeness (QED) is 0.0834. The zero-order valence-corrected chi connectivity index (χ0v) is 23.2. The Morgan fingerprint density at radius 1 is 1.12 bits per heavy atom. The maximum absolute atomic E-state index is 14.4. The molecule has 0 fully saturated rings. The molecule has 2 rings (SSSR count). The van der Waals surface area contributed by atoms with Gasteiger partial charge < -0.3 is 19.8 Å². The van der Waals surface area contributed by atoms with Gasteiger partial charge in [0.1, 0.15) is 11.5 Å². The highest BCUT2D eigenvalue weighted by Crippen LogP contribution is 2.36. The van der Waals surface area contributed by atoms with Gasteiger partial charge in [-0.3, -0.25) is 24.4 Å². The predicted octanol–water partition coefficient (Wildman–Crippen LogP) is 4.65. The summed E-state index contributed by atoms with van der Waals surface area (Å²) in [6.07, 6.45) is 3.60. The molecule has 3 N–H and O–H groups in total. The summed E-state index contributed by atoms with van der Waals surface area (Å²) in [6.45, 7) is 6.19. The lowest BCUT2D eigenvalue weighted by Gasteiger charge is -2.29. The summed E-state index contributed by atoms with van der Waals surface area (Å²) in [6, 6.07) is 5.67. The molecular formula is C28H37F2N3O7. The number of nitrogens with one attached hydrogen (secondary N) is 2. The second-order valence-corrected chi connectivity index (χ2v) is 9.26. The van der Waals surface area contributed by atoms with Crippen molar-refractivity contribution in [3.05, 3.63) is 41.7 Å². The molecule has 0 aliphatic rings. The highest BCUT2D eigenvalue weighted by molar-refractivity contribution is 5.92. The summed E-state index contributed by atoms with van der Waals surface area (Å²) in [5.41, 5.74) is -0.389. The van der Waals surface area contributed by atoms with Gasteiger partial charge in [-0.2, -0.15) is 8.78 Å². The van der Waals surface area contributed by atoms with Crippen LogP contribution in [0.25, 0.3) is 11.3 Å². The van der Waals surface area contributed by atoms with E-state index in [4.69, 9.17) is 9.15 Å². The van der Waals surface area contributed by atoms with E-state index in [2.05, 4.69) is 10.6 Å². The molecule has 1 heterocycles. The number of carbonyl (C=O) groups excluding carboxylic acids is 4. The van der Waals surface area contributed by atoms with Gasteiger partial charge >= 0.3 is 5.92 Å². The van der Waals surface area contributed by atoms with Gasteiger partial charge in [0.15, 0.2) is 5.76 Å². The van der Waals surface area contributed by atoms with Crippen LogP contribution >= 0.6 is 0 Å². The van der Waals surface area contributed by atoms with Gasteiger partial charge in [-0.25, -0.2) is 5.06 Å². The van der Waals surface area contributed by atoms with Gasteiger partial charge in [0.2, 0.25) is 18.1 Å². The first-order valence-electron chi connectivity index (χ1n) is 13.3. The summed E-state index contributed by atoms with van der Waals surface area (Å²) in [5, 5.41) is 15.5. The number of nitrogens with zero attached hydrogens (tertiary/aromatic N) is 1. The maximum Gasteiger partial charge on any atom is 0.330 e. The highest BCUT2D eigenvalue weighted by Gasteiger charge is 2.38. The van der Waals surface area contributed by atoms with Crippen molar-refractivity contribution in [2.45, 2.75) is 71.8 Å². The van der Waals surface area contributed by atoms with Crippen molar-refractivity contribution in [1.82, 2.24) is 15.7 Å². The van der Waals surface area contributed by atoms with Crippen LogP contribution in [-0.2, 0) is 20.3 Å². The number of unbranched alkanes of at least 4 members (excludes halogenated alkanes) is 2. The third-order valence-corrected chi connectivity index (χ3v) is 6.43. The van der Waals surface area contributed by atoms with E-state index >= 15 is 0 Å². The van der Waals surface area contributed by atoms with Crippen LogP contribution in [-0.4, -0.2) is 53.6 Å². The number of hydrogen-bond donors (Lipinski definition) is 3. The summed E-state index contributed by atoms with van der Waals surface area (Å²) in [5.74, 6) is -6.80. The molecule has 1 aromatic heterocycles. The number of Topliss-reactive ketones (excluding diaryl/α,β-unsaturated/α-hetero) is 1. The molecule has 10 nitrogen and oxygen atoms in total. The standard InChI is InChI=1S/C28H37F2N3O7/c1-5-8-9-10-22(23(6-2)33(38)17-34)26(36)31-16-32-27(37)25-12-11-24(40-25)19-13-20(28(29,30)18(4)35)15-21(14-19)39-7-3/h11-15,17,22-23,38H,5-10,16H2,1-4H3,(H,31,36)(H,32,37). The van der Waals surface area contributed by atoms with Crippen molar-refractivity contribution >= 4 is 24.0 Å². The fourth-order valence-electron chi connectivity index (χ4n) is 4.27. The number of furan rings is 1. The Bertz CT molecular complexity index is 1170. The summed E-state index contributed by atoms with van der Waals surface area (Å²) < 4.78 is 39.8. The molecule has 3 amide bonds. The van der Waals surface area contributed by atoms with Crippen LogP contribution in [0.2, 0.25) is 0 Å². The van der Waals surface area contributed by atoms with Gasteiger partial charge in [-0.1, -0.05) is 33.1 Å². The maximum atomic E-state index is 14.4. The third kappa shape index (κ3) is 8.35. The van der Waals surface area contributed by atoms with Crippen LogP contribution in [0, 0.1) is 5.92 Å². The Morgan fingerprint density at radius 2 is 1.85 bits per heavy atom. The van der Waals surface area contributed by atoms with Crippen LogP contribution in [0.5, 0.6) is 5.75 Å². The van der Waals surface area contributed by atoms with Crippen molar-refractivity contribution in [2.75, 3.05) is 13.3 Å². The normalized spacial score (nSPS) is 12.8. The lowest BCUT2D eigenvalue weighted by molar-refractivity contribution is -0.168. The lowest BCUT2D eigenvalue weighted by Crippen LogP contribution is -2.47. The van der Waals surface area contributed by atoms with Gasteiger partial charge in [0.05, 0.1) is 25.2 Å². The molecule has 0 saturated carbocycles. The number of amides is 3. The van der Waals surface area contributed by atoms with Crippen LogP contribution < -0.4 is 15.4 Å². The Balaban J connectivity index is 2.13. The Hall–Kier alpha value is -3.80. The molecule has 220 valence electrons. The number of ether oxygens (including phenoxy) is 1. The number of rotatable bonds is 17. The molecule has 2 unspecified atom stereocenters. The van der Waals surface area contributed by atoms with Crippen molar-refractivity contribution < 1.29 is 42.3 Å². The largest absolute Gasteiger partial charge is 0.494 e. The van der Waals surface area contributed by atoms with Gasteiger partial charge in [0, 0.05) is 18.1 Å². The summed E-state index contributed by atoms with van der Waals surface area (Å²) in [7, 11) is 0. The van der Waals surface area contributed by atoms with Crippen LogP contribution in [0.15, 0.2) is 34.7 Å². The SMILES string of the molecule is CCCCCC(C(=O)NCNC(=O)c1ccc(-c2cc(OCC)cc(C(F)(F)C(C)=O)c2)o1)C(CC)N(O)C=O. The van der Waals surface area contributed by atoms with Crippen molar-refractivity contribution in [3.63, 3.8) is 0 Å². The van der Waals surface area contributed by atoms with Gasteiger partial charge in [0.25, 0.3) is 5.91 Å². The van der Waals surface area contributed by atoms with E-state index in [1.807, 2.05) is 6.92 Å². The zero-order chi connectivity index (χ0) is 29.9. The lowest BCUT2D eigenvalue weighted by atomic mass is 9.90. The first kappa shape index (κ1) is 32.4. The van der Waals surface area contributed by atoms with Crippen molar-refractivity contribution in [3.8, 4) is 17.1 Å². The molecule has 0 saturated heterocycles. The molecule has 0 aliphatic carbocycles. The molecule has 2 atom stereocenters. The van der Waals surface area contributed by atoms with Crippen molar-refractivity contribution in [1.29, 1.82) is 0 Å². The first-order chi connectivity index (χ1) is 19.0. The fraction of sp³-hybridized carbons (Fsp3) is 0.500.